The lowest BCUT2D eigenvalue weighted by Gasteiger charge is -2.30. The van der Waals surface area contributed by atoms with Gasteiger partial charge in [-0.1, -0.05) is 6.92 Å². The Labute approximate surface area is 121 Å². The predicted molar refractivity (Wildman–Crippen MR) is 77.2 cm³/mol. The normalized spacial score (nSPS) is 30.2. The average molecular weight is 295 g/mol. The minimum absolute atomic E-state index is 0.110. The van der Waals surface area contributed by atoms with Crippen LogP contribution >= 0.6 is 0 Å². The van der Waals surface area contributed by atoms with Crippen LogP contribution in [0.4, 0.5) is 0 Å². The number of Topliss-reactive ketones (excluding diaryl/α,β-unsaturated/α-hetero) is 1. The summed E-state index contributed by atoms with van der Waals surface area (Å²) in [5.41, 5.74) is 0.557. The third-order valence-corrected chi connectivity index (χ3v) is 5.92. The molecule has 1 aromatic heterocycles. The summed E-state index contributed by atoms with van der Waals surface area (Å²) in [4.78, 5) is 16.6. The fraction of sp³-hybridized carbons (Fsp3) is 0.733. The van der Waals surface area contributed by atoms with E-state index in [0.717, 1.165) is 49.4 Å². The summed E-state index contributed by atoms with van der Waals surface area (Å²) >= 11 is 0. The Morgan fingerprint density at radius 3 is 2.95 bits per heavy atom. The molecular weight excluding hydrogens is 274 g/mol. The Kier molecular flexibility index (Phi) is 4.06. The van der Waals surface area contributed by atoms with Crippen molar-refractivity contribution in [2.24, 2.45) is 11.8 Å². The smallest absolute Gasteiger partial charge is 0.195 e. The fourth-order valence-electron chi connectivity index (χ4n) is 3.34. The van der Waals surface area contributed by atoms with Gasteiger partial charge in [-0.2, -0.15) is 0 Å². The second kappa shape index (κ2) is 5.80. The molecule has 1 aromatic rings. The Morgan fingerprint density at radius 1 is 1.35 bits per heavy atom. The van der Waals surface area contributed by atoms with Crippen molar-refractivity contribution in [3.63, 3.8) is 0 Å². The SMILES string of the molecule is CCCc1nc2c(o1)CC(C1CCCS(=O)C1)CC2=O. The summed E-state index contributed by atoms with van der Waals surface area (Å²) in [7, 11) is -0.696. The molecule has 3 rings (SSSR count). The molecule has 0 bridgehead atoms. The first-order valence-electron chi connectivity index (χ1n) is 7.54. The van der Waals surface area contributed by atoms with Crippen LogP contribution < -0.4 is 0 Å². The molecule has 4 nitrogen and oxygen atoms in total. The Morgan fingerprint density at radius 2 is 2.20 bits per heavy atom. The number of aryl methyl sites for hydroxylation is 1. The maximum Gasteiger partial charge on any atom is 0.195 e. The summed E-state index contributed by atoms with van der Waals surface area (Å²) in [6, 6.07) is 0. The monoisotopic (exact) mass is 295 g/mol. The van der Waals surface area contributed by atoms with Gasteiger partial charge in [0.05, 0.1) is 0 Å². The highest BCUT2D eigenvalue weighted by Crippen LogP contribution is 2.35. The Hall–Kier alpha value is -0.970. The van der Waals surface area contributed by atoms with E-state index in [2.05, 4.69) is 11.9 Å². The maximum absolute atomic E-state index is 12.2. The number of oxazole rings is 1. The topological polar surface area (TPSA) is 60.2 Å². The number of rotatable bonds is 3. The Balaban J connectivity index is 1.77. The fourth-order valence-corrected chi connectivity index (χ4v) is 4.91. The largest absolute Gasteiger partial charge is 0.445 e. The number of aromatic nitrogens is 1. The number of fused-ring (bicyclic) bond motifs is 1. The first-order chi connectivity index (χ1) is 9.67. The lowest BCUT2D eigenvalue weighted by molar-refractivity contribution is 0.0916. The molecule has 1 aliphatic heterocycles. The van der Waals surface area contributed by atoms with Crippen molar-refractivity contribution in [1.29, 1.82) is 0 Å². The van der Waals surface area contributed by atoms with Gasteiger partial charge in [0.1, 0.15) is 11.5 Å². The van der Waals surface area contributed by atoms with Crippen molar-refractivity contribution >= 4 is 16.6 Å². The maximum atomic E-state index is 12.2. The van der Waals surface area contributed by atoms with E-state index in [-0.39, 0.29) is 5.78 Å². The number of nitrogens with zero attached hydrogens (tertiary/aromatic N) is 1. The van der Waals surface area contributed by atoms with Crippen molar-refractivity contribution in [2.75, 3.05) is 11.5 Å². The van der Waals surface area contributed by atoms with Crippen LogP contribution in [0.2, 0.25) is 0 Å². The number of carbonyl (C=O) groups excluding carboxylic acids is 1. The number of carbonyl (C=O) groups is 1. The van der Waals surface area contributed by atoms with Crippen LogP contribution in [0.3, 0.4) is 0 Å². The molecule has 0 radical (unpaired) electrons. The van der Waals surface area contributed by atoms with Crippen molar-refractivity contribution < 1.29 is 13.4 Å². The van der Waals surface area contributed by atoms with E-state index in [9.17, 15) is 9.00 Å². The first kappa shape index (κ1) is 14.0. The highest BCUT2D eigenvalue weighted by molar-refractivity contribution is 7.85. The van der Waals surface area contributed by atoms with Crippen LogP contribution in [0.25, 0.3) is 0 Å². The van der Waals surface area contributed by atoms with Gasteiger partial charge in [0.2, 0.25) is 0 Å². The molecule has 20 heavy (non-hydrogen) atoms. The van der Waals surface area contributed by atoms with Gasteiger partial charge >= 0.3 is 0 Å². The van der Waals surface area contributed by atoms with Crippen LogP contribution in [0.5, 0.6) is 0 Å². The summed E-state index contributed by atoms with van der Waals surface area (Å²) < 4.78 is 17.5. The second-order valence-corrected chi connectivity index (χ2v) is 7.56. The van der Waals surface area contributed by atoms with E-state index in [1.54, 1.807) is 0 Å². The van der Waals surface area contributed by atoms with E-state index in [0.29, 0.717) is 29.8 Å². The van der Waals surface area contributed by atoms with E-state index in [4.69, 9.17) is 4.42 Å². The van der Waals surface area contributed by atoms with Gasteiger partial charge in [-0.15, -0.1) is 0 Å². The molecule has 0 saturated carbocycles. The second-order valence-electron chi connectivity index (χ2n) is 5.93. The predicted octanol–water partition coefficient (Wildman–Crippen LogP) is 2.53. The van der Waals surface area contributed by atoms with Crippen LogP contribution in [0.15, 0.2) is 4.42 Å². The van der Waals surface area contributed by atoms with Gasteiger partial charge in [0, 0.05) is 41.6 Å². The molecular formula is C15H21NO3S. The van der Waals surface area contributed by atoms with E-state index in [1.165, 1.54) is 0 Å². The molecule has 5 heteroatoms. The molecule has 0 N–H and O–H groups in total. The summed E-state index contributed by atoms with van der Waals surface area (Å²) in [5.74, 6) is 3.85. The van der Waals surface area contributed by atoms with Gasteiger partial charge in [0.15, 0.2) is 11.7 Å². The Bertz CT molecular complexity index is 537. The summed E-state index contributed by atoms with van der Waals surface area (Å²) in [5, 5.41) is 0. The van der Waals surface area contributed by atoms with Crippen molar-refractivity contribution in [1.82, 2.24) is 4.98 Å². The van der Waals surface area contributed by atoms with Gasteiger partial charge < -0.3 is 4.42 Å². The molecule has 0 amide bonds. The molecule has 2 aliphatic rings. The molecule has 3 atom stereocenters. The lowest BCUT2D eigenvalue weighted by Crippen LogP contribution is -2.32. The van der Waals surface area contributed by atoms with Crippen molar-refractivity contribution in [3.05, 3.63) is 17.3 Å². The highest BCUT2D eigenvalue weighted by Gasteiger charge is 2.36. The molecule has 0 aromatic carbocycles. The van der Waals surface area contributed by atoms with Crippen molar-refractivity contribution in [2.45, 2.75) is 45.4 Å². The van der Waals surface area contributed by atoms with Gasteiger partial charge in [-0.25, -0.2) is 4.98 Å². The van der Waals surface area contributed by atoms with E-state index in [1.807, 2.05) is 0 Å². The summed E-state index contributed by atoms with van der Waals surface area (Å²) in [6.07, 6.45) is 5.21. The standard InChI is InChI=1S/C15H21NO3S/c1-2-4-14-16-15-12(17)7-11(8-13(15)19-14)10-5-3-6-20(18)9-10/h10-11H,2-9H2,1H3. The zero-order valence-electron chi connectivity index (χ0n) is 11.9. The number of hydrogen-bond donors (Lipinski definition) is 0. The highest BCUT2D eigenvalue weighted by atomic mass is 32.2. The minimum Gasteiger partial charge on any atom is -0.445 e. The quantitative estimate of drug-likeness (QED) is 0.859. The molecule has 2 heterocycles. The average Bonchev–Trinajstić information content (AvgIpc) is 2.82. The van der Waals surface area contributed by atoms with Crippen LogP contribution in [-0.4, -0.2) is 26.5 Å². The minimum atomic E-state index is -0.696. The molecule has 1 aliphatic carbocycles. The molecule has 110 valence electrons. The van der Waals surface area contributed by atoms with Crippen LogP contribution in [0.1, 0.15) is 54.7 Å². The summed E-state index contributed by atoms with van der Waals surface area (Å²) in [6.45, 7) is 2.07. The lowest BCUT2D eigenvalue weighted by atomic mass is 9.79. The molecule has 1 saturated heterocycles. The molecule has 0 spiro atoms. The third kappa shape index (κ3) is 2.73. The first-order valence-corrected chi connectivity index (χ1v) is 9.03. The van der Waals surface area contributed by atoms with Crippen LogP contribution in [0, 0.1) is 11.8 Å². The number of ketones is 1. The van der Waals surface area contributed by atoms with E-state index >= 15 is 0 Å². The van der Waals surface area contributed by atoms with Gasteiger partial charge in [0.25, 0.3) is 0 Å². The third-order valence-electron chi connectivity index (χ3n) is 4.38. The van der Waals surface area contributed by atoms with Gasteiger partial charge in [-0.05, 0) is 31.1 Å². The zero-order valence-corrected chi connectivity index (χ0v) is 12.7. The number of hydrogen-bond acceptors (Lipinski definition) is 4. The van der Waals surface area contributed by atoms with Crippen molar-refractivity contribution in [3.8, 4) is 0 Å². The van der Waals surface area contributed by atoms with Gasteiger partial charge in [-0.3, -0.25) is 9.00 Å². The zero-order chi connectivity index (χ0) is 14.1. The van der Waals surface area contributed by atoms with E-state index < -0.39 is 10.8 Å². The molecule has 1 fully saturated rings. The van der Waals surface area contributed by atoms with Crippen LogP contribution in [-0.2, 0) is 23.6 Å². The molecule has 3 unspecified atom stereocenters.